The largest absolute Gasteiger partial charge is 0.468 e. The lowest BCUT2D eigenvalue weighted by Gasteiger charge is -2.64. The Balaban J connectivity index is 1.99. The highest BCUT2D eigenvalue weighted by Crippen LogP contribution is 2.73. The predicted octanol–water partition coefficient (Wildman–Crippen LogP) is 2.98. The first-order chi connectivity index (χ1) is 8.98. The van der Waals surface area contributed by atoms with Crippen molar-refractivity contribution < 1.29 is 9.53 Å². The van der Waals surface area contributed by atoms with E-state index >= 15 is 0 Å². The Morgan fingerprint density at radius 2 is 2.16 bits per heavy atom. The third-order valence-electron chi connectivity index (χ3n) is 7.02. The van der Waals surface area contributed by atoms with E-state index in [4.69, 9.17) is 9.73 Å². The molecule has 2 aliphatic heterocycles. The minimum Gasteiger partial charge on any atom is -0.468 e. The molecule has 0 N–H and O–H groups in total. The Morgan fingerprint density at radius 3 is 2.89 bits per heavy atom. The van der Waals surface area contributed by atoms with Gasteiger partial charge >= 0.3 is 5.97 Å². The molecule has 1 unspecified atom stereocenters. The van der Waals surface area contributed by atoms with Crippen molar-refractivity contribution >= 4 is 11.7 Å². The van der Waals surface area contributed by atoms with Crippen molar-refractivity contribution in [3.63, 3.8) is 0 Å². The molecule has 5 atom stereocenters. The molecule has 3 aliphatic carbocycles. The number of nitrogens with zero attached hydrogens (tertiary/aromatic N) is 1. The molecule has 6 bridgehead atoms. The number of aliphatic imine (C=N–C) groups is 1. The number of carbonyl (C=O) groups excluding carboxylic acids is 1. The van der Waals surface area contributed by atoms with Crippen LogP contribution >= 0.6 is 0 Å². The third kappa shape index (κ3) is 1.05. The van der Waals surface area contributed by atoms with Crippen molar-refractivity contribution in [2.24, 2.45) is 27.2 Å². The average molecular weight is 261 g/mol. The van der Waals surface area contributed by atoms with Crippen LogP contribution in [0.2, 0.25) is 0 Å². The molecule has 5 aliphatic rings. The van der Waals surface area contributed by atoms with Crippen LogP contribution in [0.4, 0.5) is 0 Å². The average Bonchev–Trinajstić information content (AvgIpc) is 2.66. The molecule has 3 saturated carbocycles. The van der Waals surface area contributed by atoms with Crippen LogP contribution in [0.5, 0.6) is 0 Å². The Morgan fingerprint density at radius 1 is 1.37 bits per heavy atom. The maximum absolute atomic E-state index is 12.7. The first-order valence-electron chi connectivity index (χ1n) is 7.64. The highest BCUT2D eigenvalue weighted by molar-refractivity contribution is 6.09. The van der Waals surface area contributed by atoms with Crippen LogP contribution in [0.25, 0.3) is 0 Å². The molecule has 3 nitrogen and oxygen atoms in total. The topological polar surface area (TPSA) is 38.7 Å². The van der Waals surface area contributed by atoms with Crippen LogP contribution < -0.4 is 0 Å². The number of rotatable bonds is 1. The molecular formula is C16H23NO2. The molecule has 0 saturated heterocycles. The molecular weight excluding hydrogens is 238 g/mol. The third-order valence-corrected chi connectivity index (χ3v) is 7.02. The van der Waals surface area contributed by atoms with Crippen LogP contribution in [0.15, 0.2) is 4.99 Å². The minimum atomic E-state index is -0.398. The van der Waals surface area contributed by atoms with E-state index in [0.717, 1.165) is 12.8 Å². The van der Waals surface area contributed by atoms with E-state index in [9.17, 15) is 4.79 Å². The summed E-state index contributed by atoms with van der Waals surface area (Å²) < 4.78 is 5.26. The van der Waals surface area contributed by atoms with Crippen molar-refractivity contribution in [2.45, 2.75) is 58.4 Å². The van der Waals surface area contributed by atoms with Crippen molar-refractivity contribution in [1.29, 1.82) is 0 Å². The standard InChI is InChI=1S/C16H23NO2/c1-14-8-6-10-12(14)17-11-5-4-7-15(10,2)16(11,9-14)13(18)19-3/h10,12H,4-9H2,1-3H3/t10-,12?,14-,15+,16+/m1/s1. The summed E-state index contributed by atoms with van der Waals surface area (Å²) in [5.41, 5.74) is 1.11. The fourth-order valence-corrected chi connectivity index (χ4v) is 6.11. The summed E-state index contributed by atoms with van der Waals surface area (Å²) in [6.07, 6.45) is 6.81. The molecule has 19 heavy (non-hydrogen) atoms. The number of ether oxygens (including phenoxy) is 1. The first kappa shape index (κ1) is 11.9. The highest BCUT2D eigenvalue weighted by atomic mass is 16.5. The van der Waals surface area contributed by atoms with Gasteiger partial charge in [-0.05, 0) is 55.3 Å². The summed E-state index contributed by atoms with van der Waals surface area (Å²) in [6, 6.07) is 0.472. The number of esters is 1. The second-order valence-corrected chi connectivity index (χ2v) is 7.66. The second-order valence-electron chi connectivity index (χ2n) is 7.66. The molecule has 3 fully saturated rings. The molecule has 0 aromatic carbocycles. The molecule has 104 valence electrons. The van der Waals surface area contributed by atoms with Gasteiger partial charge in [0, 0.05) is 5.71 Å². The molecule has 0 aromatic rings. The van der Waals surface area contributed by atoms with Crippen LogP contribution in [0.3, 0.4) is 0 Å². The van der Waals surface area contributed by atoms with Gasteiger partial charge in [-0.1, -0.05) is 13.8 Å². The SMILES string of the molecule is COC(=O)[C@]12C[C@@]3(C)CC[C@@H]4C3N=C1CCC[C@@]42C. The smallest absolute Gasteiger partial charge is 0.318 e. The monoisotopic (exact) mass is 261 g/mol. The van der Waals surface area contributed by atoms with Gasteiger partial charge in [0.1, 0.15) is 5.41 Å². The van der Waals surface area contributed by atoms with Gasteiger partial charge in [-0.3, -0.25) is 9.79 Å². The highest BCUT2D eigenvalue weighted by Gasteiger charge is 2.74. The lowest BCUT2D eigenvalue weighted by atomic mass is 9.41. The van der Waals surface area contributed by atoms with E-state index in [1.54, 1.807) is 7.11 Å². The molecule has 0 aromatic heterocycles. The minimum absolute atomic E-state index is 0.00951. The molecule has 0 radical (unpaired) electrons. The second kappa shape index (κ2) is 3.24. The van der Waals surface area contributed by atoms with Gasteiger partial charge in [0.25, 0.3) is 0 Å². The number of hydrogen-bond donors (Lipinski definition) is 0. The molecule has 3 heteroatoms. The van der Waals surface area contributed by atoms with Crippen LogP contribution in [0, 0.1) is 22.2 Å². The lowest BCUT2D eigenvalue weighted by Crippen LogP contribution is -2.68. The van der Waals surface area contributed by atoms with E-state index in [-0.39, 0.29) is 16.8 Å². The maximum atomic E-state index is 12.7. The van der Waals surface area contributed by atoms with Crippen molar-refractivity contribution in [2.75, 3.05) is 7.11 Å². The molecule has 0 spiro atoms. The fraction of sp³-hybridized carbons (Fsp3) is 0.875. The Labute approximate surface area is 114 Å². The fourth-order valence-electron chi connectivity index (χ4n) is 6.11. The quantitative estimate of drug-likeness (QED) is 0.681. The predicted molar refractivity (Wildman–Crippen MR) is 73.1 cm³/mol. The summed E-state index contributed by atoms with van der Waals surface area (Å²) in [4.78, 5) is 17.8. The van der Waals surface area contributed by atoms with E-state index in [1.165, 1.54) is 31.4 Å². The van der Waals surface area contributed by atoms with Gasteiger partial charge in [0.2, 0.25) is 0 Å². The number of hydrogen-bond acceptors (Lipinski definition) is 3. The van der Waals surface area contributed by atoms with Gasteiger partial charge in [-0.2, -0.15) is 0 Å². The zero-order chi connectivity index (χ0) is 13.5. The summed E-state index contributed by atoms with van der Waals surface area (Å²) in [7, 11) is 1.54. The normalized spacial score (nSPS) is 53.9. The van der Waals surface area contributed by atoms with Gasteiger partial charge in [-0.25, -0.2) is 0 Å². The van der Waals surface area contributed by atoms with Gasteiger partial charge < -0.3 is 4.74 Å². The molecule has 2 heterocycles. The van der Waals surface area contributed by atoms with Crippen molar-refractivity contribution in [3.05, 3.63) is 0 Å². The Bertz CT molecular complexity index is 499. The lowest BCUT2D eigenvalue weighted by molar-refractivity contribution is -0.170. The van der Waals surface area contributed by atoms with Gasteiger partial charge in [-0.15, -0.1) is 0 Å². The molecule has 5 rings (SSSR count). The van der Waals surface area contributed by atoms with E-state index in [1.807, 2.05) is 0 Å². The summed E-state index contributed by atoms with van der Waals surface area (Å²) >= 11 is 0. The number of carbonyl (C=O) groups is 1. The van der Waals surface area contributed by atoms with Crippen molar-refractivity contribution in [3.8, 4) is 0 Å². The first-order valence-corrected chi connectivity index (χ1v) is 7.64. The van der Waals surface area contributed by atoms with E-state index < -0.39 is 5.41 Å². The zero-order valence-corrected chi connectivity index (χ0v) is 12.2. The summed E-state index contributed by atoms with van der Waals surface area (Å²) in [5, 5.41) is 0. The van der Waals surface area contributed by atoms with E-state index in [0.29, 0.717) is 12.0 Å². The van der Waals surface area contributed by atoms with Crippen LogP contribution in [-0.2, 0) is 9.53 Å². The van der Waals surface area contributed by atoms with Gasteiger partial charge in [0.05, 0.1) is 13.2 Å². The summed E-state index contributed by atoms with van der Waals surface area (Å²) in [6.45, 7) is 4.69. The Kier molecular flexibility index (Phi) is 2.03. The number of methoxy groups -OCH3 is 1. The van der Waals surface area contributed by atoms with E-state index in [2.05, 4.69) is 13.8 Å². The van der Waals surface area contributed by atoms with Gasteiger partial charge in [0.15, 0.2) is 0 Å². The zero-order valence-electron chi connectivity index (χ0n) is 12.2. The van der Waals surface area contributed by atoms with Crippen LogP contribution in [-0.4, -0.2) is 24.8 Å². The van der Waals surface area contributed by atoms with Crippen LogP contribution in [0.1, 0.15) is 52.4 Å². The Hall–Kier alpha value is -0.860. The maximum Gasteiger partial charge on any atom is 0.318 e. The molecule has 0 amide bonds. The summed E-state index contributed by atoms with van der Waals surface area (Å²) in [5.74, 6) is 0.583. The van der Waals surface area contributed by atoms with Crippen molar-refractivity contribution in [1.82, 2.24) is 0 Å².